The Labute approximate surface area is 101 Å². The van der Waals surface area contributed by atoms with Gasteiger partial charge in [-0.05, 0) is 18.4 Å². The van der Waals surface area contributed by atoms with E-state index in [1.54, 1.807) is 0 Å². The van der Waals surface area contributed by atoms with Gasteiger partial charge in [-0.3, -0.25) is 0 Å². The summed E-state index contributed by atoms with van der Waals surface area (Å²) < 4.78 is 22.8. The summed E-state index contributed by atoms with van der Waals surface area (Å²) >= 11 is 3.49. The number of hydrogen-bond donors (Lipinski definition) is 0. The van der Waals surface area contributed by atoms with E-state index in [1.807, 2.05) is 0 Å². The van der Waals surface area contributed by atoms with Gasteiger partial charge >= 0.3 is 0 Å². The third-order valence-electron chi connectivity index (χ3n) is 2.66. The van der Waals surface area contributed by atoms with Crippen LogP contribution in [0.2, 0.25) is 0 Å². The monoisotopic (exact) mass is 297 g/mol. The Morgan fingerprint density at radius 2 is 1.93 bits per heavy atom. The molecule has 0 radical (unpaired) electrons. The fourth-order valence-corrected chi connectivity index (χ4v) is 3.28. The van der Waals surface area contributed by atoms with E-state index in [2.05, 4.69) is 34.7 Å². The molecule has 0 aromatic rings. The average Bonchev–Trinajstić information content (AvgIpc) is 2.28. The molecule has 1 rings (SSSR count). The lowest BCUT2D eigenvalue weighted by Crippen LogP contribution is -2.37. The molecule has 0 aromatic carbocycles. The molecule has 0 amide bonds. The lowest BCUT2D eigenvalue weighted by Gasteiger charge is -2.30. The van der Waals surface area contributed by atoms with Gasteiger partial charge in [-0.2, -0.15) is 0 Å². The van der Waals surface area contributed by atoms with Gasteiger partial charge in [0.1, 0.15) is 0 Å². The van der Waals surface area contributed by atoms with Crippen molar-refractivity contribution < 1.29 is 8.42 Å². The molecule has 0 aliphatic carbocycles. The summed E-state index contributed by atoms with van der Waals surface area (Å²) in [5.74, 6) is 0.684. The Morgan fingerprint density at radius 3 is 2.53 bits per heavy atom. The smallest absolute Gasteiger partial charge is 0.151 e. The predicted octanol–water partition coefficient (Wildman–Crippen LogP) is 1.53. The van der Waals surface area contributed by atoms with Crippen molar-refractivity contribution in [3.05, 3.63) is 0 Å². The van der Waals surface area contributed by atoms with Crippen LogP contribution in [0, 0.1) is 5.41 Å². The quantitative estimate of drug-likeness (QED) is 0.742. The Balaban J connectivity index is 2.52. The molecular weight excluding hydrogens is 278 g/mol. The minimum absolute atomic E-state index is 0.216. The molecule has 1 aliphatic heterocycles. The van der Waals surface area contributed by atoms with Crippen LogP contribution in [0.15, 0.2) is 0 Å². The number of hydrogen-bond acceptors (Lipinski definition) is 3. The van der Waals surface area contributed by atoms with Crippen LogP contribution >= 0.6 is 15.9 Å². The Morgan fingerprint density at radius 1 is 1.27 bits per heavy atom. The maximum absolute atomic E-state index is 11.4. The molecule has 1 heterocycles. The van der Waals surface area contributed by atoms with Crippen LogP contribution in [-0.2, 0) is 9.84 Å². The van der Waals surface area contributed by atoms with Crippen LogP contribution in [0.25, 0.3) is 0 Å². The van der Waals surface area contributed by atoms with Crippen molar-refractivity contribution in [2.45, 2.75) is 20.3 Å². The van der Waals surface area contributed by atoms with E-state index >= 15 is 0 Å². The number of rotatable bonds is 3. The molecular formula is C10H20BrNO2S. The first-order chi connectivity index (χ1) is 6.85. The predicted molar refractivity (Wildman–Crippen MR) is 67.3 cm³/mol. The van der Waals surface area contributed by atoms with Crippen molar-refractivity contribution in [1.29, 1.82) is 0 Å². The van der Waals surface area contributed by atoms with Crippen molar-refractivity contribution in [2.24, 2.45) is 5.41 Å². The fraction of sp³-hybridized carbons (Fsp3) is 1.00. The molecule has 0 saturated carbocycles. The van der Waals surface area contributed by atoms with Crippen molar-refractivity contribution >= 4 is 25.8 Å². The number of nitrogens with zero attached hydrogens (tertiary/aromatic N) is 1. The number of sulfone groups is 1. The van der Waals surface area contributed by atoms with Crippen LogP contribution in [-0.4, -0.2) is 49.8 Å². The van der Waals surface area contributed by atoms with Gasteiger partial charge in [0.05, 0.1) is 11.5 Å². The molecule has 90 valence electrons. The summed E-state index contributed by atoms with van der Waals surface area (Å²) in [4.78, 5) is 2.27. The summed E-state index contributed by atoms with van der Waals surface area (Å²) in [7, 11) is -2.77. The van der Waals surface area contributed by atoms with Gasteiger partial charge < -0.3 is 4.90 Å². The second-order valence-corrected chi connectivity index (χ2v) is 7.94. The zero-order chi connectivity index (χ0) is 11.5. The van der Waals surface area contributed by atoms with Crippen LogP contribution in [0.5, 0.6) is 0 Å². The largest absolute Gasteiger partial charge is 0.302 e. The fourth-order valence-electron chi connectivity index (χ4n) is 1.80. The van der Waals surface area contributed by atoms with Crippen molar-refractivity contribution in [3.8, 4) is 0 Å². The second-order valence-electron chi connectivity index (χ2n) is 5.08. The highest BCUT2D eigenvalue weighted by molar-refractivity contribution is 9.09. The third kappa shape index (κ3) is 4.83. The zero-order valence-corrected chi connectivity index (χ0v) is 11.9. The first-order valence-corrected chi connectivity index (χ1v) is 8.28. The summed E-state index contributed by atoms with van der Waals surface area (Å²) in [6.07, 6.45) is 0.778. The highest BCUT2D eigenvalue weighted by Crippen LogP contribution is 2.20. The first kappa shape index (κ1) is 13.5. The van der Waals surface area contributed by atoms with Crippen LogP contribution in [0.3, 0.4) is 0 Å². The van der Waals surface area contributed by atoms with Crippen LogP contribution in [0.4, 0.5) is 0 Å². The van der Waals surface area contributed by atoms with Crippen molar-refractivity contribution in [1.82, 2.24) is 4.90 Å². The van der Waals surface area contributed by atoms with E-state index in [0.717, 1.165) is 24.8 Å². The standard InChI is InChI=1S/C10H20BrNO2S/c1-10(2,8-11)9-12-4-3-6-15(13,14)7-5-12/h3-9H2,1-2H3. The Bertz CT molecular complexity index is 301. The van der Waals surface area contributed by atoms with Crippen molar-refractivity contribution in [3.63, 3.8) is 0 Å². The summed E-state index contributed by atoms with van der Waals surface area (Å²) in [5, 5.41) is 0.948. The molecule has 1 aliphatic rings. The van der Waals surface area contributed by atoms with Gasteiger partial charge in [0.15, 0.2) is 9.84 Å². The Kier molecular flexibility index (Phi) is 4.62. The highest BCUT2D eigenvalue weighted by Gasteiger charge is 2.24. The van der Waals surface area contributed by atoms with Gasteiger partial charge in [-0.1, -0.05) is 29.8 Å². The summed E-state index contributed by atoms with van der Waals surface area (Å²) in [6.45, 7) is 6.96. The molecule has 0 atom stereocenters. The lowest BCUT2D eigenvalue weighted by molar-refractivity contribution is 0.208. The summed E-state index contributed by atoms with van der Waals surface area (Å²) in [6, 6.07) is 0. The topological polar surface area (TPSA) is 37.4 Å². The number of alkyl halides is 1. The molecule has 0 spiro atoms. The van der Waals surface area contributed by atoms with E-state index in [1.165, 1.54) is 0 Å². The molecule has 1 saturated heterocycles. The second kappa shape index (κ2) is 5.15. The van der Waals surface area contributed by atoms with Crippen molar-refractivity contribution in [2.75, 3.05) is 36.5 Å². The third-order valence-corrected chi connectivity index (χ3v) is 5.89. The molecule has 0 unspecified atom stereocenters. The van der Waals surface area contributed by atoms with Gasteiger partial charge in [0, 0.05) is 18.4 Å². The van der Waals surface area contributed by atoms with E-state index < -0.39 is 9.84 Å². The minimum Gasteiger partial charge on any atom is -0.302 e. The van der Waals surface area contributed by atoms with E-state index in [-0.39, 0.29) is 5.41 Å². The van der Waals surface area contributed by atoms with E-state index in [9.17, 15) is 8.42 Å². The molecule has 0 bridgehead atoms. The van der Waals surface area contributed by atoms with E-state index in [0.29, 0.717) is 18.1 Å². The number of halogens is 1. The highest BCUT2D eigenvalue weighted by atomic mass is 79.9. The molecule has 5 heteroatoms. The minimum atomic E-state index is -2.77. The van der Waals surface area contributed by atoms with E-state index in [4.69, 9.17) is 0 Å². The SMILES string of the molecule is CC(C)(CBr)CN1CCCS(=O)(=O)CC1. The molecule has 0 N–H and O–H groups in total. The zero-order valence-electron chi connectivity index (χ0n) is 9.50. The first-order valence-electron chi connectivity index (χ1n) is 5.33. The molecule has 15 heavy (non-hydrogen) atoms. The molecule has 0 aromatic heterocycles. The van der Waals surface area contributed by atoms with Crippen LogP contribution < -0.4 is 0 Å². The average molecular weight is 298 g/mol. The molecule has 3 nitrogen and oxygen atoms in total. The molecule has 1 fully saturated rings. The maximum atomic E-state index is 11.4. The summed E-state index contributed by atoms with van der Waals surface area (Å²) in [5.41, 5.74) is 0.216. The van der Waals surface area contributed by atoms with Gasteiger partial charge in [0.25, 0.3) is 0 Å². The van der Waals surface area contributed by atoms with Gasteiger partial charge in [0.2, 0.25) is 0 Å². The lowest BCUT2D eigenvalue weighted by atomic mass is 9.96. The van der Waals surface area contributed by atoms with Gasteiger partial charge in [-0.25, -0.2) is 8.42 Å². The van der Waals surface area contributed by atoms with Gasteiger partial charge in [-0.15, -0.1) is 0 Å². The van der Waals surface area contributed by atoms with Crippen LogP contribution in [0.1, 0.15) is 20.3 Å². The normalized spacial score (nSPS) is 23.7. The maximum Gasteiger partial charge on any atom is 0.151 e. The Hall–Kier alpha value is 0.390.